The van der Waals surface area contributed by atoms with Crippen molar-refractivity contribution in [3.05, 3.63) is 0 Å². The van der Waals surface area contributed by atoms with Crippen LogP contribution in [0.25, 0.3) is 0 Å². The van der Waals surface area contributed by atoms with Crippen molar-refractivity contribution in [3.8, 4) is 0 Å². The number of hydrogen-bond acceptors (Lipinski definition) is 6. The highest BCUT2D eigenvalue weighted by molar-refractivity contribution is 5.43. The fraction of sp³-hybridized carbons (Fsp3) is 0.769. The third kappa shape index (κ3) is 3.68. The van der Waals surface area contributed by atoms with Crippen LogP contribution < -0.4 is 16.0 Å². The molecule has 0 radical (unpaired) electrons. The van der Waals surface area contributed by atoms with Gasteiger partial charge in [-0.25, -0.2) is 0 Å². The van der Waals surface area contributed by atoms with Crippen LogP contribution >= 0.6 is 0 Å². The molecule has 2 heterocycles. The molecule has 0 aliphatic carbocycles. The fourth-order valence-electron chi connectivity index (χ4n) is 2.49. The monoisotopic (exact) mass is 264 g/mol. The van der Waals surface area contributed by atoms with Gasteiger partial charge in [0.05, 0.1) is 0 Å². The van der Waals surface area contributed by atoms with E-state index in [4.69, 9.17) is 5.73 Å². The van der Waals surface area contributed by atoms with Crippen LogP contribution in [0, 0.1) is 0 Å². The second-order valence-electron chi connectivity index (χ2n) is 5.77. The van der Waals surface area contributed by atoms with E-state index in [1.807, 2.05) is 0 Å². The number of aromatic nitrogens is 3. The van der Waals surface area contributed by atoms with Crippen molar-refractivity contribution in [1.29, 1.82) is 0 Å². The third-order valence-electron chi connectivity index (χ3n) is 3.35. The summed E-state index contributed by atoms with van der Waals surface area (Å²) in [5.41, 5.74) is 5.75. The van der Waals surface area contributed by atoms with E-state index in [9.17, 15) is 0 Å². The number of nitrogens with one attached hydrogen (secondary N) is 1. The lowest BCUT2D eigenvalue weighted by Gasteiger charge is -2.26. The highest BCUT2D eigenvalue weighted by atomic mass is 15.3. The van der Waals surface area contributed by atoms with Crippen LogP contribution in [0.3, 0.4) is 0 Å². The summed E-state index contributed by atoms with van der Waals surface area (Å²) in [6.45, 7) is 8.46. The van der Waals surface area contributed by atoms with Gasteiger partial charge in [0.1, 0.15) is 0 Å². The lowest BCUT2D eigenvalue weighted by Crippen LogP contribution is -2.32. The molecule has 1 aliphatic heterocycles. The van der Waals surface area contributed by atoms with Gasteiger partial charge in [0, 0.05) is 18.6 Å². The van der Waals surface area contributed by atoms with Gasteiger partial charge in [-0.2, -0.15) is 15.0 Å². The predicted octanol–water partition coefficient (Wildman–Crippen LogP) is 2.04. The summed E-state index contributed by atoms with van der Waals surface area (Å²) in [5.74, 6) is 1.55. The van der Waals surface area contributed by atoms with Gasteiger partial charge in [-0.3, -0.25) is 0 Å². The molecule has 0 spiro atoms. The van der Waals surface area contributed by atoms with Gasteiger partial charge in [-0.05, 0) is 33.1 Å². The molecule has 1 aromatic heterocycles. The van der Waals surface area contributed by atoms with Crippen molar-refractivity contribution in [3.63, 3.8) is 0 Å². The maximum absolute atomic E-state index is 5.79. The van der Waals surface area contributed by atoms with Gasteiger partial charge >= 0.3 is 0 Å². The SMILES string of the molecule is CCCC(C)(C)Nc1nc(N)nc(N2CCCC2)n1. The maximum atomic E-state index is 5.79. The summed E-state index contributed by atoms with van der Waals surface area (Å²) in [7, 11) is 0. The molecule has 6 heteroatoms. The van der Waals surface area contributed by atoms with Crippen LogP contribution in [0.15, 0.2) is 0 Å². The first kappa shape index (κ1) is 13.8. The molecule has 0 saturated carbocycles. The number of nitrogen functional groups attached to an aromatic ring is 1. The summed E-state index contributed by atoms with van der Waals surface area (Å²) in [6, 6.07) is 0. The molecule has 1 aromatic rings. The van der Waals surface area contributed by atoms with Gasteiger partial charge in [-0.15, -0.1) is 0 Å². The van der Waals surface area contributed by atoms with Crippen LogP contribution in [0.4, 0.5) is 17.8 Å². The molecular weight excluding hydrogens is 240 g/mol. The average molecular weight is 264 g/mol. The predicted molar refractivity (Wildman–Crippen MR) is 78.3 cm³/mol. The van der Waals surface area contributed by atoms with Crippen LogP contribution in [0.5, 0.6) is 0 Å². The fourth-order valence-corrected chi connectivity index (χ4v) is 2.49. The molecule has 3 N–H and O–H groups in total. The minimum atomic E-state index is -0.0369. The normalized spacial score (nSPS) is 15.8. The number of hydrogen-bond donors (Lipinski definition) is 2. The van der Waals surface area contributed by atoms with E-state index >= 15 is 0 Å². The van der Waals surface area contributed by atoms with E-state index in [1.54, 1.807) is 0 Å². The molecule has 19 heavy (non-hydrogen) atoms. The van der Waals surface area contributed by atoms with Gasteiger partial charge in [-0.1, -0.05) is 13.3 Å². The summed E-state index contributed by atoms with van der Waals surface area (Å²) < 4.78 is 0. The first-order valence-electron chi connectivity index (χ1n) is 7.05. The quantitative estimate of drug-likeness (QED) is 0.847. The van der Waals surface area contributed by atoms with Gasteiger partial charge in [0.25, 0.3) is 0 Å². The molecular formula is C13H24N6. The Morgan fingerprint density at radius 1 is 1.21 bits per heavy atom. The summed E-state index contributed by atoms with van der Waals surface area (Å²) in [5, 5.41) is 3.35. The number of rotatable bonds is 5. The topological polar surface area (TPSA) is 80.0 Å². The van der Waals surface area contributed by atoms with Gasteiger partial charge < -0.3 is 16.0 Å². The zero-order chi connectivity index (χ0) is 13.9. The summed E-state index contributed by atoms with van der Waals surface area (Å²) in [6.07, 6.45) is 4.54. The molecule has 106 valence electrons. The lowest BCUT2D eigenvalue weighted by molar-refractivity contribution is 0.506. The smallest absolute Gasteiger partial charge is 0.231 e. The Kier molecular flexibility index (Phi) is 4.07. The molecule has 1 aliphatic rings. The summed E-state index contributed by atoms with van der Waals surface area (Å²) >= 11 is 0. The van der Waals surface area contributed by atoms with Gasteiger partial charge in [0.2, 0.25) is 17.8 Å². The van der Waals surface area contributed by atoms with E-state index in [-0.39, 0.29) is 11.5 Å². The Morgan fingerprint density at radius 2 is 1.89 bits per heavy atom. The number of nitrogens with zero attached hydrogens (tertiary/aromatic N) is 4. The zero-order valence-corrected chi connectivity index (χ0v) is 12.1. The van der Waals surface area contributed by atoms with Crippen molar-refractivity contribution in [2.75, 3.05) is 29.0 Å². The van der Waals surface area contributed by atoms with E-state index in [0.29, 0.717) is 11.9 Å². The molecule has 0 unspecified atom stereocenters. The van der Waals surface area contributed by atoms with Crippen LogP contribution in [-0.4, -0.2) is 33.6 Å². The number of anilines is 3. The third-order valence-corrected chi connectivity index (χ3v) is 3.35. The molecule has 0 atom stereocenters. The van der Waals surface area contributed by atoms with E-state index in [0.717, 1.165) is 25.9 Å². The Balaban J connectivity index is 2.16. The molecule has 0 aromatic carbocycles. The lowest BCUT2D eigenvalue weighted by atomic mass is 9.99. The van der Waals surface area contributed by atoms with Crippen molar-refractivity contribution < 1.29 is 0 Å². The van der Waals surface area contributed by atoms with Crippen molar-refractivity contribution >= 4 is 17.8 Å². The zero-order valence-electron chi connectivity index (χ0n) is 12.1. The average Bonchev–Trinajstić information content (AvgIpc) is 2.80. The summed E-state index contributed by atoms with van der Waals surface area (Å²) in [4.78, 5) is 15.1. The van der Waals surface area contributed by atoms with Gasteiger partial charge in [0.15, 0.2) is 0 Å². The van der Waals surface area contributed by atoms with Crippen LogP contribution in [0.2, 0.25) is 0 Å². The first-order chi connectivity index (χ1) is 9.00. The Morgan fingerprint density at radius 3 is 2.53 bits per heavy atom. The van der Waals surface area contributed by atoms with E-state index in [1.165, 1.54) is 12.8 Å². The van der Waals surface area contributed by atoms with Crippen molar-refractivity contribution in [1.82, 2.24) is 15.0 Å². The molecule has 1 fully saturated rings. The van der Waals surface area contributed by atoms with Crippen LogP contribution in [-0.2, 0) is 0 Å². The minimum absolute atomic E-state index is 0.0369. The molecule has 6 nitrogen and oxygen atoms in total. The minimum Gasteiger partial charge on any atom is -0.368 e. The standard InChI is InChI=1S/C13H24N6/c1-4-7-13(2,3)18-11-15-10(14)16-12(17-11)19-8-5-6-9-19/h4-9H2,1-3H3,(H3,14,15,16,17,18). The highest BCUT2D eigenvalue weighted by Crippen LogP contribution is 2.21. The molecule has 0 bridgehead atoms. The maximum Gasteiger partial charge on any atom is 0.231 e. The molecule has 0 amide bonds. The van der Waals surface area contributed by atoms with Crippen molar-refractivity contribution in [2.45, 2.75) is 52.0 Å². The Hall–Kier alpha value is -1.59. The van der Waals surface area contributed by atoms with Crippen molar-refractivity contribution in [2.24, 2.45) is 0 Å². The number of nitrogens with two attached hydrogens (primary N) is 1. The second-order valence-corrected chi connectivity index (χ2v) is 5.77. The van der Waals surface area contributed by atoms with E-state index in [2.05, 4.69) is 45.9 Å². The largest absolute Gasteiger partial charge is 0.368 e. The Labute approximate surface area is 114 Å². The van der Waals surface area contributed by atoms with E-state index < -0.39 is 0 Å². The Bertz CT molecular complexity index is 425. The molecule has 1 saturated heterocycles. The highest BCUT2D eigenvalue weighted by Gasteiger charge is 2.20. The molecule has 2 rings (SSSR count). The van der Waals surface area contributed by atoms with Crippen LogP contribution in [0.1, 0.15) is 46.5 Å². The first-order valence-corrected chi connectivity index (χ1v) is 7.05. The second kappa shape index (κ2) is 5.59.